The van der Waals surface area contributed by atoms with Crippen LogP contribution in [0.15, 0.2) is 35.6 Å². The van der Waals surface area contributed by atoms with Gasteiger partial charge in [0.15, 0.2) is 11.1 Å². The molecule has 3 heterocycles. The molecular weight excluding hydrogens is 508 g/mol. The van der Waals surface area contributed by atoms with Crippen LogP contribution >= 0.6 is 0 Å². The van der Waals surface area contributed by atoms with Crippen molar-refractivity contribution in [3.05, 3.63) is 41.7 Å². The Kier molecular flexibility index (Phi) is 7.29. The largest absolute Gasteiger partial charge is 0.417 e. The van der Waals surface area contributed by atoms with Crippen molar-refractivity contribution in [2.75, 3.05) is 23.3 Å². The van der Waals surface area contributed by atoms with Gasteiger partial charge >= 0.3 is 12.4 Å². The summed E-state index contributed by atoms with van der Waals surface area (Å²) in [6.45, 7) is 0.862. The Labute approximate surface area is 195 Å². The van der Waals surface area contributed by atoms with Gasteiger partial charge in [-0.25, -0.2) is 23.5 Å². The van der Waals surface area contributed by atoms with Gasteiger partial charge in [-0.2, -0.15) is 26.3 Å². The van der Waals surface area contributed by atoms with E-state index < -0.39 is 63.1 Å². The molecule has 2 aromatic heterocycles. The lowest BCUT2D eigenvalue weighted by Gasteiger charge is -2.25. The Hall–Kier alpha value is -2.98. The van der Waals surface area contributed by atoms with Crippen molar-refractivity contribution in [2.24, 2.45) is 5.14 Å². The first-order chi connectivity index (χ1) is 16.1. The second-order valence-corrected chi connectivity index (χ2v) is 9.19. The van der Waals surface area contributed by atoms with E-state index in [1.54, 1.807) is 0 Å². The van der Waals surface area contributed by atoms with Crippen molar-refractivity contribution in [1.82, 2.24) is 9.97 Å². The van der Waals surface area contributed by atoms with Crippen LogP contribution in [-0.4, -0.2) is 55.8 Å². The van der Waals surface area contributed by atoms with Gasteiger partial charge < -0.3 is 15.0 Å². The number of aromatic nitrogens is 2. The molecule has 192 valence electrons. The van der Waals surface area contributed by atoms with E-state index in [4.69, 9.17) is 9.88 Å². The SMILES string of the molecule is C[C@@H]1CN(c2ncc(C(F)(F)F)cc2C(=O)Nc2ccnc(S(N)(=O)=O)c2)CC[C@H](C(F)(F)F)O1. The lowest BCUT2D eigenvalue weighted by Crippen LogP contribution is -2.34. The van der Waals surface area contributed by atoms with Crippen molar-refractivity contribution in [1.29, 1.82) is 0 Å². The Morgan fingerprint density at radius 3 is 2.49 bits per heavy atom. The van der Waals surface area contributed by atoms with E-state index in [2.05, 4.69) is 15.3 Å². The summed E-state index contributed by atoms with van der Waals surface area (Å²) in [5, 5.41) is 6.63. The number of sulfonamides is 1. The zero-order chi connectivity index (χ0) is 26.2. The highest BCUT2D eigenvalue weighted by molar-refractivity contribution is 7.89. The number of pyridine rings is 2. The number of halogens is 6. The van der Waals surface area contributed by atoms with Crippen LogP contribution in [0.25, 0.3) is 0 Å². The molecule has 35 heavy (non-hydrogen) atoms. The monoisotopic (exact) mass is 527 g/mol. The minimum absolute atomic E-state index is 0.151. The molecule has 2 atom stereocenters. The lowest BCUT2D eigenvalue weighted by atomic mass is 10.1. The molecule has 1 amide bonds. The summed E-state index contributed by atoms with van der Waals surface area (Å²) < 4.78 is 107. The molecular formula is C19H19F6N5O4S. The number of rotatable bonds is 4. The van der Waals surface area contributed by atoms with Crippen LogP contribution in [0.3, 0.4) is 0 Å². The molecule has 0 aromatic carbocycles. The summed E-state index contributed by atoms with van der Waals surface area (Å²) in [5.41, 5.74) is -2.01. The molecule has 0 saturated carbocycles. The normalized spacial score (nSPS) is 19.8. The number of nitrogens with zero attached hydrogens (tertiary/aromatic N) is 3. The first-order valence-corrected chi connectivity index (χ1v) is 11.4. The first kappa shape index (κ1) is 26.6. The van der Waals surface area contributed by atoms with Crippen molar-refractivity contribution in [2.45, 2.75) is 42.9 Å². The Morgan fingerprint density at radius 1 is 1.20 bits per heavy atom. The number of nitrogens with two attached hydrogens (primary N) is 1. The van der Waals surface area contributed by atoms with Crippen molar-refractivity contribution >= 4 is 27.4 Å². The molecule has 9 nitrogen and oxygen atoms in total. The third-order valence-corrected chi connectivity index (χ3v) is 5.73. The van der Waals surface area contributed by atoms with E-state index in [-0.39, 0.29) is 24.6 Å². The summed E-state index contributed by atoms with van der Waals surface area (Å²) >= 11 is 0. The number of carbonyl (C=O) groups excluding carboxylic acids is 1. The van der Waals surface area contributed by atoms with Crippen LogP contribution < -0.4 is 15.4 Å². The average molecular weight is 527 g/mol. The Bertz CT molecular complexity index is 1200. The third-order valence-electron chi connectivity index (χ3n) is 4.92. The van der Waals surface area contributed by atoms with Gasteiger partial charge in [0, 0.05) is 43.7 Å². The standard InChI is InChI=1S/C19H19F6N5O4S/c1-10-9-30(5-3-14(34-10)19(23,24)25)16-13(6-11(8-28-16)18(20,21)22)17(31)29-12-2-4-27-15(7-12)35(26,32)33/h2,4,6-8,10,14H,3,5,9H2,1H3,(H2,26,32,33)(H,27,29,31)/t10-,14-/m1/s1. The first-order valence-electron chi connectivity index (χ1n) is 9.90. The maximum Gasteiger partial charge on any atom is 0.417 e. The molecule has 1 saturated heterocycles. The maximum atomic E-state index is 13.3. The van der Waals surface area contributed by atoms with Gasteiger partial charge in [-0.3, -0.25) is 4.79 Å². The summed E-state index contributed by atoms with van der Waals surface area (Å²) in [4.78, 5) is 21.4. The fourth-order valence-corrected chi connectivity index (χ4v) is 3.87. The number of hydrogen-bond acceptors (Lipinski definition) is 7. The van der Waals surface area contributed by atoms with Crippen molar-refractivity contribution < 1.29 is 44.3 Å². The fourth-order valence-electron chi connectivity index (χ4n) is 3.37. The minimum atomic E-state index is -4.87. The lowest BCUT2D eigenvalue weighted by molar-refractivity contribution is -0.228. The smallest absolute Gasteiger partial charge is 0.364 e. The zero-order valence-electron chi connectivity index (χ0n) is 17.9. The number of primary sulfonamides is 1. The molecule has 0 aliphatic carbocycles. The van der Waals surface area contributed by atoms with Gasteiger partial charge in [-0.05, 0) is 19.1 Å². The number of alkyl halides is 6. The van der Waals surface area contributed by atoms with Crippen LogP contribution in [0.1, 0.15) is 29.3 Å². The molecule has 1 aliphatic rings. The average Bonchev–Trinajstić information content (AvgIpc) is 2.94. The Balaban J connectivity index is 1.99. The molecule has 3 N–H and O–H groups in total. The van der Waals surface area contributed by atoms with Gasteiger partial charge in [0.1, 0.15) is 5.82 Å². The van der Waals surface area contributed by atoms with E-state index >= 15 is 0 Å². The summed E-state index contributed by atoms with van der Waals surface area (Å²) in [6, 6.07) is 2.57. The van der Waals surface area contributed by atoms with E-state index in [0.717, 1.165) is 12.3 Å². The molecule has 0 spiro atoms. The second kappa shape index (κ2) is 9.58. The summed E-state index contributed by atoms with van der Waals surface area (Å²) in [6.07, 6.45) is -11.7. The van der Waals surface area contributed by atoms with Crippen LogP contribution in [0, 0.1) is 0 Å². The minimum Gasteiger partial charge on any atom is -0.364 e. The van der Waals surface area contributed by atoms with E-state index in [0.29, 0.717) is 12.3 Å². The van der Waals surface area contributed by atoms with Gasteiger partial charge in [-0.1, -0.05) is 0 Å². The van der Waals surface area contributed by atoms with E-state index in [1.807, 2.05) is 0 Å². The number of nitrogens with one attached hydrogen (secondary N) is 1. The van der Waals surface area contributed by atoms with Crippen LogP contribution in [0.5, 0.6) is 0 Å². The van der Waals surface area contributed by atoms with E-state index in [9.17, 15) is 39.6 Å². The molecule has 0 unspecified atom stereocenters. The van der Waals surface area contributed by atoms with Crippen LogP contribution in [0.4, 0.5) is 37.8 Å². The summed E-state index contributed by atoms with van der Waals surface area (Å²) in [5.74, 6) is -1.41. The van der Waals surface area contributed by atoms with Gasteiger partial charge in [0.25, 0.3) is 15.9 Å². The Morgan fingerprint density at radius 2 is 1.89 bits per heavy atom. The predicted octanol–water partition coefficient (Wildman–Crippen LogP) is 2.94. The van der Waals surface area contributed by atoms with Gasteiger partial charge in [-0.15, -0.1) is 0 Å². The molecule has 0 bridgehead atoms. The quantitative estimate of drug-likeness (QED) is 0.586. The van der Waals surface area contributed by atoms with Gasteiger partial charge in [0.2, 0.25) is 0 Å². The summed E-state index contributed by atoms with van der Waals surface area (Å²) in [7, 11) is -4.24. The maximum absolute atomic E-state index is 13.3. The number of carbonyl (C=O) groups is 1. The number of hydrogen-bond donors (Lipinski definition) is 2. The molecule has 16 heteroatoms. The van der Waals surface area contributed by atoms with Gasteiger partial charge in [0.05, 0.1) is 17.2 Å². The predicted molar refractivity (Wildman–Crippen MR) is 110 cm³/mol. The highest BCUT2D eigenvalue weighted by atomic mass is 32.2. The number of ether oxygens (including phenoxy) is 1. The molecule has 1 fully saturated rings. The molecule has 3 rings (SSSR count). The molecule has 0 radical (unpaired) electrons. The number of amides is 1. The van der Waals surface area contributed by atoms with Crippen molar-refractivity contribution in [3.63, 3.8) is 0 Å². The number of anilines is 2. The van der Waals surface area contributed by atoms with Crippen LogP contribution in [-0.2, 0) is 20.9 Å². The van der Waals surface area contributed by atoms with Crippen LogP contribution in [0.2, 0.25) is 0 Å². The zero-order valence-corrected chi connectivity index (χ0v) is 18.7. The molecule has 2 aromatic rings. The molecule has 1 aliphatic heterocycles. The third kappa shape index (κ3) is 6.58. The fraction of sp³-hybridized carbons (Fsp3) is 0.421. The second-order valence-electron chi connectivity index (χ2n) is 7.69. The highest BCUT2D eigenvalue weighted by Gasteiger charge is 2.43. The topological polar surface area (TPSA) is 128 Å². The highest BCUT2D eigenvalue weighted by Crippen LogP contribution is 2.34. The van der Waals surface area contributed by atoms with Crippen molar-refractivity contribution in [3.8, 4) is 0 Å². The van der Waals surface area contributed by atoms with E-state index in [1.165, 1.54) is 17.9 Å².